The molecule has 0 radical (unpaired) electrons. The van der Waals surface area contributed by atoms with Gasteiger partial charge in [-0.1, -0.05) is 0 Å². The number of alkyl halides is 3. The molecule has 2 heterocycles. The predicted octanol–water partition coefficient (Wildman–Crippen LogP) is 0.879. The maximum atomic E-state index is 12.4. The van der Waals surface area contributed by atoms with Gasteiger partial charge in [0.1, 0.15) is 0 Å². The molecule has 2 rings (SSSR count). The van der Waals surface area contributed by atoms with Crippen LogP contribution in [0.3, 0.4) is 0 Å². The molecule has 1 saturated heterocycles. The predicted molar refractivity (Wildman–Crippen MR) is 65.3 cm³/mol. The van der Waals surface area contributed by atoms with Gasteiger partial charge < -0.3 is 0 Å². The Hall–Kier alpha value is -1.67. The zero-order valence-electron chi connectivity index (χ0n) is 10.9. The third-order valence-corrected chi connectivity index (χ3v) is 3.01. The molecule has 0 saturated carbocycles. The lowest BCUT2D eigenvalue weighted by atomic mass is 10.2. The molecule has 5 nitrogen and oxygen atoms in total. The Morgan fingerprint density at radius 1 is 1.35 bits per heavy atom. The molecule has 0 bridgehead atoms. The van der Waals surface area contributed by atoms with Crippen molar-refractivity contribution in [3.8, 4) is 0 Å². The average molecular weight is 288 g/mol. The highest BCUT2D eigenvalue weighted by atomic mass is 19.4. The number of pyridine rings is 1. The first-order valence-electron chi connectivity index (χ1n) is 6.11. The van der Waals surface area contributed by atoms with Crippen LogP contribution in [0.4, 0.5) is 13.2 Å². The SMILES string of the molecule is CN1CCN(NCc2ccc(C(F)(F)F)cn2)C(=O)C1. The summed E-state index contributed by atoms with van der Waals surface area (Å²) in [5.74, 6) is -0.0642. The lowest BCUT2D eigenvalue weighted by Gasteiger charge is -2.32. The van der Waals surface area contributed by atoms with Crippen LogP contribution in [0.2, 0.25) is 0 Å². The number of carbonyl (C=O) groups excluding carboxylic acids is 1. The van der Waals surface area contributed by atoms with Gasteiger partial charge in [0.05, 0.1) is 30.9 Å². The molecule has 1 aliphatic rings. The second-order valence-corrected chi connectivity index (χ2v) is 4.65. The number of amides is 1. The van der Waals surface area contributed by atoms with Gasteiger partial charge in [-0.2, -0.15) is 13.2 Å². The van der Waals surface area contributed by atoms with Crippen LogP contribution >= 0.6 is 0 Å². The number of halogens is 3. The minimum Gasteiger partial charge on any atom is -0.296 e. The van der Waals surface area contributed by atoms with E-state index in [9.17, 15) is 18.0 Å². The Morgan fingerprint density at radius 3 is 2.65 bits per heavy atom. The molecular formula is C12H15F3N4O. The summed E-state index contributed by atoms with van der Waals surface area (Å²) in [6.07, 6.45) is -3.59. The third-order valence-electron chi connectivity index (χ3n) is 3.01. The summed E-state index contributed by atoms with van der Waals surface area (Å²) in [6.45, 7) is 1.83. The van der Waals surface area contributed by atoms with E-state index in [1.165, 1.54) is 11.1 Å². The van der Waals surface area contributed by atoms with E-state index in [-0.39, 0.29) is 12.5 Å². The molecule has 0 aromatic carbocycles. The minimum absolute atomic E-state index is 0.0642. The average Bonchev–Trinajstić information content (AvgIpc) is 2.37. The van der Waals surface area contributed by atoms with Crippen molar-refractivity contribution in [3.63, 3.8) is 0 Å². The van der Waals surface area contributed by atoms with E-state index in [1.807, 2.05) is 11.9 Å². The number of likely N-dealkylation sites (N-methyl/N-ethyl adjacent to an activating group) is 1. The van der Waals surface area contributed by atoms with Gasteiger partial charge in [0, 0.05) is 12.7 Å². The van der Waals surface area contributed by atoms with Gasteiger partial charge in [-0.25, -0.2) is 5.43 Å². The first-order chi connectivity index (χ1) is 9.36. The van der Waals surface area contributed by atoms with Crippen LogP contribution in [0.15, 0.2) is 18.3 Å². The van der Waals surface area contributed by atoms with Crippen LogP contribution in [-0.2, 0) is 17.5 Å². The number of carbonyl (C=O) groups is 1. The van der Waals surface area contributed by atoms with Crippen LogP contribution < -0.4 is 5.43 Å². The van der Waals surface area contributed by atoms with Crippen molar-refractivity contribution < 1.29 is 18.0 Å². The van der Waals surface area contributed by atoms with Crippen LogP contribution in [0.5, 0.6) is 0 Å². The Labute approximate surface area is 114 Å². The lowest BCUT2D eigenvalue weighted by molar-refractivity contribution is -0.139. The van der Waals surface area contributed by atoms with Crippen LogP contribution in [0.1, 0.15) is 11.3 Å². The van der Waals surface area contributed by atoms with Crippen molar-refractivity contribution >= 4 is 5.91 Å². The number of hydrazine groups is 1. The van der Waals surface area contributed by atoms with Crippen LogP contribution in [0.25, 0.3) is 0 Å². The van der Waals surface area contributed by atoms with E-state index in [4.69, 9.17) is 0 Å². The van der Waals surface area contributed by atoms with E-state index in [1.54, 1.807) is 0 Å². The summed E-state index contributed by atoms with van der Waals surface area (Å²) < 4.78 is 37.1. The maximum Gasteiger partial charge on any atom is 0.417 e. The van der Waals surface area contributed by atoms with Crippen LogP contribution in [-0.4, -0.2) is 47.5 Å². The summed E-state index contributed by atoms with van der Waals surface area (Å²) in [4.78, 5) is 17.3. The molecule has 1 aromatic heterocycles. The highest BCUT2D eigenvalue weighted by Gasteiger charge is 2.30. The number of aromatic nitrogens is 1. The second-order valence-electron chi connectivity index (χ2n) is 4.65. The molecule has 1 aromatic rings. The fourth-order valence-corrected chi connectivity index (χ4v) is 1.83. The molecule has 0 spiro atoms. The highest BCUT2D eigenvalue weighted by molar-refractivity contribution is 5.78. The van der Waals surface area contributed by atoms with Crippen molar-refractivity contribution in [2.45, 2.75) is 12.7 Å². The fourth-order valence-electron chi connectivity index (χ4n) is 1.83. The summed E-state index contributed by atoms with van der Waals surface area (Å²) in [6, 6.07) is 2.28. The Bertz CT molecular complexity index is 475. The van der Waals surface area contributed by atoms with Crippen LogP contribution in [0, 0.1) is 0 Å². The second kappa shape index (κ2) is 5.76. The molecule has 1 amide bonds. The van der Waals surface area contributed by atoms with Gasteiger partial charge in [-0.3, -0.25) is 19.7 Å². The summed E-state index contributed by atoms with van der Waals surface area (Å²) in [7, 11) is 1.85. The molecule has 110 valence electrons. The van der Waals surface area contributed by atoms with Crippen molar-refractivity contribution in [2.24, 2.45) is 0 Å². The smallest absolute Gasteiger partial charge is 0.296 e. The number of hydrogen-bond donors (Lipinski definition) is 1. The molecule has 8 heteroatoms. The number of nitrogens with zero attached hydrogens (tertiary/aromatic N) is 3. The highest BCUT2D eigenvalue weighted by Crippen LogP contribution is 2.28. The zero-order valence-corrected chi connectivity index (χ0v) is 10.9. The molecule has 20 heavy (non-hydrogen) atoms. The standard InChI is InChI=1S/C12H15F3N4O/c1-18-4-5-19(11(20)8-18)17-7-10-3-2-9(6-16-10)12(13,14)15/h2-3,6,17H,4-5,7-8H2,1H3. The van der Waals surface area contributed by atoms with Gasteiger partial charge in [-0.15, -0.1) is 0 Å². The third kappa shape index (κ3) is 3.67. The van der Waals surface area contributed by atoms with Crippen molar-refractivity contribution in [2.75, 3.05) is 26.7 Å². The summed E-state index contributed by atoms with van der Waals surface area (Å²) in [5.41, 5.74) is 2.55. The molecule has 1 fully saturated rings. The molecule has 0 aliphatic carbocycles. The maximum absolute atomic E-state index is 12.4. The number of nitrogens with one attached hydrogen (secondary N) is 1. The molecule has 0 atom stereocenters. The normalized spacial score (nSPS) is 17.6. The van der Waals surface area contributed by atoms with Gasteiger partial charge >= 0.3 is 6.18 Å². The van der Waals surface area contributed by atoms with E-state index >= 15 is 0 Å². The number of rotatable bonds is 3. The van der Waals surface area contributed by atoms with Gasteiger partial charge in [0.25, 0.3) is 5.91 Å². The van der Waals surface area contributed by atoms with E-state index in [2.05, 4.69) is 10.4 Å². The minimum atomic E-state index is -4.38. The van der Waals surface area contributed by atoms with E-state index < -0.39 is 11.7 Å². The Kier molecular flexibility index (Phi) is 4.24. The quantitative estimate of drug-likeness (QED) is 0.897. The first kappa shape index (κ1) is 14.7. The Morgan fingerprint density at radius 2 is 2.10 bits per heavy atom. The number of piperazine rings is 1. The van der Waals surface area contributed by atoms with Gasteiger partial charge in [0.15, 0.2) is 0 Å². The molecule has 0 unspecified atom stereocenters. The van der Waals surface area contributed by atoms with Crippen molar-refractivity contribution in [1.82, 2.24) is 20.3 Å². The first-order valence-corrected chi connectivity index (χ1v) is 6.11. The summed E-state index contributed by atoms with van der Waals surface area (Å²) >= 11 is 0. The van der Waals surface area contributed by atoms with Crippen molar-refractivity contribution in [3.05, 3.63) is 29.6 Å². The largest absolute Gasteiger partial charge is 0.417 e. The molecular weight excluding hydrogens is 273 g/mol. The van der Waals surface area contributed by atoms with E-state index in [0.717, 1.165) is 18.8 Å². The van der Waals surface area contributed by atoms with Gasteiger partial charge in [0.2, 0.25) is 0 Å². The zero-order chi connectivity index (χ0) is 14.8. The van der Waals surface area contributed by atoms with Crippen molar-refractivity contribution in [1.29, 1.82) is 0 Å². The summed E-state index contributed by atoms with van der Waals surface area (Å²) in [5, 5.41) is 1.47. The molecule has 1 N–H and O–H groups in total. The topological polar surface area (TPSA) is 48.5 Å². The lowest BCUT2D eigenvalue weighted by Crippen LogP contribution is -2.54. The Balaban J connectivity index is 1.90. The molecule has 1 aliphatic heterocycles. The number of hydrogen-bond acceptors (Lipinski definition) is 4. The fraction of sp³-hybridized carbons (Fsp3) is 0.500. The van der Waals surface area contributed by atoms with Gasteiger partial charge in [-0.05, 0) is 19.2 Å². The van der Waals surface area contributed by atoms with E-state index in [0.29, 0.717) is 18.8 Å². The monoisotopic (exact) mass is 288 g/mol.